The van der Waals surface area contributed by atoms with Gasteiger partial charge in [-0.15, -0.1) is 11.3 Å². The third kappa shape index (κ3) is 3.58. The summed E-state index contributed by atoms with van der Waals surface area (Å²) in [6.45, 7) is 9.25. The molecule has 3 unspecified atom stereocenters. The van der Waals surface area contributed by atoms with E-state index in [9.17, 15) is 0 Å². The van der Waals surface area contributed by atoms with E-state index in [-0.39, 0.29) is 0 Å². The molecule has 0 aliphatic heterocycles. The van der Waals surface area contributed by atoms with Crippen LogP contribution >= 0.6 is 11.3 Å². The molecule has 0 aromatic carbocycles. The van der Waals surface area contributed by atoms with Gasteiger partial charge < -0.3 is 5.32 Å². The third-order valence-corrected chi connectivity index (χ3v) is 5.51. The molecule has 0 spiro atoms. The van der Waals surface area contributed by atoms with Gasteiger partial charge >= 0.3 is 0 Å². The Kier molecular flexibility index (Phi) is 4.85. The molecule has 1 nitrogen and oxygen atoms in total. The summed E-state index contributed by atoms with van der Waals surface area (Å²) in [5.74, 6) is 1.77. The van der Waals surface area contributed by atoms with E-state index >= 15 is 0 Å². The van der Waals surface area contributed by atoms with Gasteiger partial charge in [-0.2, -0.15) is 0 Å². The fourth-order valence-electron chi connectivity index (χ4n) is 3.11. The van der Waals surface area contributed by atoms with Gasteiger partial charge in [0.05, 0.1) is 0 Å². The summed E-state index contributed by atoms with van der Waals surface area (Å²) in [7, 11) is 0. The standard InChI is InChI=1S/C16H27NS/c1-11(2)14-6-5-7-15(10-14)17-13(4)16-9-8-12(3)18-16/h8-9,11,13-15,17H,5-7,10H2,1-4H3. The molecule has 0 radical (unpaired) electrons. The predicted molar refractivity (Wildman–Crippen MR) is 81.2 cm³/mol. The van der Waals surface area contributed by atoms with Crippen molar-refractivity contribution in [2.75, 3.05) is 0 Å². The minimum absolute atomic E-state index is 0.514. The zero-order chi connectivity index (χ0) is 13.1. The molecule has 2 heteroatoms. The topological polar surface area (TPSA) is 12.0 Å². The van der Waals surface area contributed by atoms with Gasteiger partial charge in [-0.05, 0) is 50.7 Å². The molecular formula is C16H27NS. The summed E-state index contributed by atoms with van der Waals surface area (Å²) in [5.41, 5.74) is 0. The third-order valence-electron chi connectivity index (χ3n) is 4.33. The van der Waals surface area contributed by atoms with Crippen molar-refractivity contribution in [2.45, 2.75) is 65.5 Å². The first-order valence-electron chi connectivity index (χ1n) is 7.38. The minimum Gasteiger partial charge on any atom is -0.307 e. The van der Waals surface area contributed by atoms with Gasteiger partial charge in [-0.25, -0.2) is 0 Å². The van der Waals surface area contributed by atoms with Crippen LogP contribution in [0.25, 0.3) is 0 Å². The van der Waals surface area contributed by atoms with Crippen molar-refractivity contribution in [3.63, 3.8) is 0 Å². The van der Waals surface area contributed by atoms with Gasteiger partial charge in [0.2, 0.25) is 0 Å². The normalized spacial score (nSPS) is 26.5. The van der Waals surface area contributed by atoms with Crippen molar-refractivity contribution >= 4 is 11.3 Å². The molecule has 1 aliphatic carbocycles. The SMILES string of the molecule is Cc1ccc(C(C)NC2CCCC(C(C)C)C2)s1. The Hall–Kier alpha value is -0.340. The monoisotopic (exact) mass is 265 g/mol. The van der Waals surface area contributed by atoms with Crippen LogP contribution in [0.4, 0.5) is 0 Å². The Balaban J connectivity index is 1.89. The van der Waals surface area contributed by atoms with Crippen LogP contribution < -0.4 is 5.32 Å². The molecule has 2 rings (SSSR count). The molecule has 0 bridgehead atoms. The number of aryl methyl sites for hydroxylation is 1. The van der Waals surface area contributed by atoms with Crippen molar-refractivity contribution in [1.82, 2.24) is 5.32 Å². The van der Waals surface area contributed by atoms with Crippen molar-refractivity contribution < 1.29 is 0 Å². The number of nitrogens with one attached hydrogen (secondary N) is 1. The average molecular weight is 265 g/mol. The van der Waals surface area contributed by atoms with Gasteiger partial charge in [-0.3, -0.25) is 0 Å². The summed E-state index contributed by atoms with van der Waals surface area (Å²) >= 11 is 1.93. The summed E-state index contributed by atoms with van der Waals surface area (Å²) in [5, 5.41) is 3.84. The smallest absolute Gasteiger partial charge is 0.0388 e. The van der Waals surface area contributed by atoms with E-state index in [4.69, 9.17) is 0 Å². The van der Waals surface area contributed by atoms with Crippen LogP contribution in [-0.2, 0) is 0 Å². The van der Waals surface area contributed by atoms with Crippen LogP contribution in [0.2, 0.25) is 0 Å². The van der Waals surface area contributed by atoms with Crippen LogP contribution in [0.1, 0.15) is 62.3 Å². The molecule has 1 saturated carbocycles. The highest BCUT2D eigenvalue weighted by Crippen LogP contribution is 2.31. The van der Waals surface area contributed by atoms with Crippen molar-refractivity contribution in [3.8, 4) is 0 Å². The molecule has 0 amide bonds. The van der Waals surface area contributed by atoms with E-state index in [1.54, 1.807) is 0 Å². The Morgan fingerprint density at radius 2 is 2.00 bits per heavy atom. The molecule has 1 fully saturated rings. The summed E-state index contributed by atoms with van der Waals surface area (Å²) in [4.78, 5) is 2.90. The van der Waals surface area contributed by atoms with Gasteiger partial charge in [0.25, 0.3) is 0 Å². The fraction of sp³-hybridized carbons (Fsp3) is 0.750. The van der Waals surface area contributed by atoms with Crippen LogP contribution in [0, 0.1) is 18.8 Å². The number of hydrogen-bond acceptors (Lipinski definition) is 2. The van der Waals surface area contributed by atoms with Crippen LogP contribution in [0.15, 0.2) is 12.1 Å². The van der Waals surface area contributed by atoms with Gasteiger partial charge in [-0.1, -0.05) is 26.7 Å². The number of rotatable bonds is 4. The highest BCUT2D eigenvalue weighted by Gasteiger charge is 2.25. The van der Waals surface area contributed by atoms with E-state index in [2.05, 4.69) is 45.1 Å². The van der Waals surface area contributed by atoms with E-state index < -0.39 is 0 Å². The second-order valence-electron chi connectivity index (χ2n) is 6.20. The Bertz CT molecular complexity index is 369. The van der Waals surface area contributed by atoms with E-state index in [0.717, 1.165) is 17.9 Å². The molecule has 102 valence electrons. The molecule has 1 aromatic rings. The Labute approximate surface area is 116 Å². The molecule has 3 atom stereocenters. The molecule has 1 aromatic heterocycles. The van der Waals surface area contributed by atoms with Gasteiger partial charge in [0.15, 0.2) is 0 Å². The van der Waals surface area contributed by atoms with Crippen molar-refractivity contribution in [1.29, 1.82) is 0 Å². The summed E-state index contributed by atoms with van der Waals surface area (Å²) < 4.78 is 0. The van der Waals surface area contributed by atoms with E-state index in [1.165, 1.54) is 35.4 Å². The first-order chi connectivity index (χ1) is 8.56. The lowest BCUT2D eigenvalue weighted by Crippen LogP contribution is -2.36. The van der Waals surface area contributed by atoms with Crippen LogP contribution in [-0.4, -0.2) is 6.04 Å². The molecule has 0 saturated heterocycles. The van der Waals surface area contributed by atoms with Crippen molar-refractivity contribution in [3.05, 3.63) is 21.9 Å². The Morgan fingerprint density at radius 1 is 1.22 bits per heavy atom. The van der Waals surface area contributed by atoms with Crippen LogP contribution in [0.5, 0.6) is 0 Å². The largest absolute Gasteiger partial charge is 0.307 e. The number of thiophene rings is 1. The van der Waals surface area contributed by atoms with Gasteiger partial charge in [0, 0.05) is 21.8 Å². The predicted octanol–water partition coefficient (Wildman–Crippen LogP) is 4.92. The van der Waals surface area contributed by atoms with Gasteiger partial charge in [0.1, 0.15) is 0 Å². The fourth-order valence-corrected chi connectivity index (χ4v) is 4.00. The van der Waals surface area contributed by atoms with E-state index in [1.807, 2.05) is 11.3 Å². The lowest BCUT2D eigenvalue weighted by Gasteiger charge is -2.33. The lowest BCUT2D eigenvalue weighted by molar-refractivity contribution is 0.223. The van der Waals surface area contributed by atoms with E-state index in [0.29, 0.717) is 6.04 Å². The van der Waals surface area contributed by atoms with Crippen molar-refractivity contribution in [2.24, 2.45) is 11.8 Å². The average Bonchev–Trinajstić information content (AvgIpc) is 2.76. The highest BCUT2D eigenvalue weighted by molar-refractivity contribution is 7.12. The number of hydrogen-bond donors (Lipinski definition) is 1. The first kappa shape index (κ1) is 14.1. The van der Waals surface area contributed by atoms with Crippen LogP contribution in [0.3, 0.4) is 0 Å². The maximum absolute atomic E-state index is 3.84. The second kappa shape index (κ2) is 6.21. The molecule has 1 heterocycles. The minimum atomic E-state index is 0.514. The molecular weight excluding hydrogens is 238 g/mol. The molecule has 18 heavy (non-hydrogen) atoms. The quantitative estimate of drug-likeness (QED) is 0.814. The maximum Gasteiger partial charge on any atom is 0.0388 e. The first-order valence-corrected chi connectivity index (χ1v) is 8.20. The second-order valence-corrected chi connectivity index (χ2v) is 7.52. The molecule has 1 aliphatic rings. The Morgan fingerprint density at radius 3 is 2.61 bits per heavy atom. The zero-order valence-electron chi connectivity index (χ0n) is 12.2. The molecule has 1 N–H and O–H groups in total. The zero-order valence-corrected chi connectivity index (χ0v) is 13.0. The lowest BCUT2D eigenvalue weighted by atomic mass is 9.79. The maximum atomic E-state index is 3.84. The summed E-state index contributed by atoms with van der Waals surface area (Å²) in [6.07, 6.45) is 5.56. The summed E-state index contributed by atoms with van der Waals surface area (Å²) in [6, 6.07) is 5.75. The highest BCUT2D eigenvalue weighted by atomic mass is 32.1.